The van der Waals surface area contributed by atoms with Gasteiger partial charge in [-0.3, -0.25) is 4.98 Å². The number of fused-ring (bicyclic) bond motifs is 1. The van der Waals surface area contributed by atoms with Gasteiger partial charge in [0.05, 0.1) is 0 Å². The summed E-state index contributed by atoms with van der Waals surface area (Å²) in [5.74, 6) is 1.76. The minimum absolute atomic E-state index is 0.261. The molecule has 2 aliphatic carbocycles. The zero-order valence-electron chi connectivity index (χ0n) is 11.6. The van der Waals surface area contributed by atoms with Crippen LogP contribution in [-0.4, -0.2) is 11.0 Å². The number of aryl methyl sites for hydroxylation is 1. The molecule has 2 heteroatoms. The fraction of sp³-hybridized carbons (Fsp3) is 0.389. The molecule has 0 aliphatic heterocycles. The van der Waals surface area contributed by atoms with Gasteiger partial charge in [0.15, 0.2) is 0 Å². The molecule has 0 amide bonds. The Labute approximate surface area is 120 Å². The molecule has 1 aromatic carbocycles. The summed E-state index contributed by atoms with van der Waals surface area (Å²) >= 11 is 0. The molecule has 4 atom stereocenters. The molecule has 1 heterocycles. The van der Waals surface area contributed by atoms with Crippen LogP contribution >= 0.6 is 0 Å². The van der Waals surface area contributed by atoms with Crippen LogP contribution in [0, 0.1) is 5.92 Å². The van der Waals surface area contributed by atoms with Gasteiger partial charge in [0.25, 0.3) is 0 Å². The summed E-state index contributed by atoms with van der Waals surface area (Å²) in [6, 6.07) is 15.3. The van der Waals surface area contributed by atoms with Crippen molar-refractivity contribution >= 4 is 0 Å². The minimum Gasteiger partial charge on any atom is -0.327 e. The molecule has 2 aromatic rings. The van der Waals surface area contributed by atoms with Gasteiger partial charge in [0.2, 0.25) is 0 Å². The van der Waals surface area contributed by atoms with E-state index < -0.39 is 0 Å². The van der Waals surface area contributed by atoms with Crippen molar-refractivity contribution in [3.8, 4) is 0 Å². The Morgan fingerprint density at radius 1 is 1.10 bits per heavy atom. The van der Waals surface area contributed by atoms with Crippen molar-refractivity contribution in [2.24, 2.45) is 11.7 Å². The second-order valence-electron chi connectivity index (χ2n) is 6.19. The van der Waals surface area contributed by atoms with E-state index >= 15 is 0 Å². The van der Waals surface area contributed by atoms with Crippen LogP contribution in [0.15, 0.2) is 48.7 Å². The number of nitrogens with zero attached hydrogens (tertiary/aromatic N) is 1. The molecular weight excluding hydrogens is 244 g/mol. The van der Waals surface area contributed by atoms with Crippen molar-refractivity contribution in [2.45, 2.75) is 37.1 Å². The molecule has 0 saturated heterocycles. The Bertz CT molecular complexity index is 608. The standard InChI is InChI=1S/C18H20N2/c19-17(14-9-8-13-7-4-10-20-18(13)14)16-11-15(16)12-5-2-1-3-6-12/h1-7,10,14-17H,8-9,11,19H2. The molecule has 0 bridgehead atoms. The third kappa shape index (κ3) is 1.95. The van der Waals surface area contributed by atoms with Gasteiger partial charge in [-0.1, -0.05) is 36.4 Å². The summed E-state index contributed by atoms with van der Waals surface area (Å²) in [6.07, 6.45) is 5.46. The maximum absolute atomic E-state index is 6.59. The van der Waals surface area contributed by atoms with E-state index in [2.05, 4.69) is 41.4 Å². The fourth-order valence-corrected chi connectivity index (χ4v) is 3.84. The van der Waals surface area contributed by atoms with E-state index in [-0.39, 0.29) is 6.04 Å². The van der Waals surface area contributed by atoms with Crippen LogP contribution < -0.4 is 5.73 Å². The van der Waals surface area contributed by atoms with Gasteiger partial charge in [-0.2, -0.15) is 0 Å². The van der Waals surface area contributed by atoms with E-state index in [0.717, 1.165) is 6.42 Å². The maximum Gasteiger partial charge on any atom is 0.0482 e. The van der Waals surface area contributed by atoms with Crippen molar-refractivity contribution < 1.29 is 0 Å². The van der Waals surface area contributed by atoms with Crippen LogP contribution in [0.3, 0.4) is 0 Å². The zero-order chi connectivity index (χ0) is 13.5. The van der Waals surface area contributed by atoms with Crippen LogP contribution in [0.2, 0.25) is 0 Å². The van der Waals surface area contributed by atoms with E-state index in [9.17, 15) is 0 Å². The Hall–Kier alpha value is -1.67. The highest BCUT2D eigenvalue weighted by Gasteiger charge is 2.46. The van der Waals surface area contributed by atoms with Crippen LogP contribution in [-0.2, 0) is 6.42 Å². The minimum atomic E-state index is 0.261. The quantitative estimate of drug-likeness (QED) is 0.924. The third-order valence-electron chi connectivity index (χ3n) is 5.03. The molecule has 4 unspecified atom stereocenters. The number of benzene rings is 1. The van der Waals surface area contributed by atoms with Crippen LogP contribution in [0.4, 0.5) is 0 Å². The Kier molecular flexibility index (Phi) is 2.85. The summed E-state index contributed by atoms with van der Waals surface area (Å²) in [5.41, 5.74) is 10.7. The molecule has 2 aliphatic rings. The van der Waals surface area contributed by atoms with Crippen LogP contribution in [0.5, 0.6) is 0 Å². The lowest BCUT2D eigenvalue weighted by Crippen LogP contribution is -2.30. The second-order valence-corrected chi connectivity index (χ2v) is 6.19. The molecular formula is C18H20N2. The van der Waals surface area contributed by atoms with E-state index in [4.69, 9.17) is 5.73 Å². The number of hydrogen-bond acceptors (Lipinski definition) is 2. The number of pyridine rings is 1. The van der Waals surface area contributed by atoms with Crippen molar-refractivity contribution in [2.75, 3.05) is 0 Å². The Morgan fingerprint density at radius 3 is 2.80 bits per heavy atom. The summed E-state index contributed by atoms with van der Waals surface area (Å²) in [6.45, 7) is 0. The maximum atomic E-state index is 6.59. The van der Waals surface area contributed by atoms with E-state index in [1.54, 1.807) is 0 Å². The van der Waals surface area contributed by atoms with Crippen molar-refractivity contribution in [3.05, 3.63) is 65.5 Å². The molecule has 0 radical (unpaired) electrons. The lowest BCUT2D eigenvalue weighted by molar-refractivity contribution is 0.465. The van der Waals surface area contributed by atoms with Gasteiger partial charge in [0, 0.05) is 23.9 Å². The van der Waals surface area contributed by atoms with Gasteiger partial charge in [-0.25, -0.2) is 0 Å². The summed E-state index contributed by atoms with van der Waals surface area (Å²) in [4.78, 5) is 4.59. The molecule has 1 saturated carbocycles. The highest BCUT2D eigenvalue weighted by molar-refractivity contribution is 5.33. The fourth-order valence-electron chi connectivity index (χ4n) is 3.84. The summed E-state index contributed by atoms with van der Waals surface area (Å²) in [5, 5.41) is 0. The van der Waals surface area contributed by atoms with Crippen molar-refractivity contribution in [1.29, 1.82) is 0 Å². The van der Waals surface area contributed by atoms with Crippen LogP contribution in [0.25, 0.3) is 0 Å². The molecule has 4 rings (SSSR count). The lowest BCUT2D eigenvalue weighted by Gasteiger charge is -2.19. The monoisotopic (exact) mass is 264 g/mol. The smallest absolute Gasteiger partial charge is 0.0482 e. The lowest BCUT2D eigenvalue weighted by atomic mass is 9.92. The van der Waals surface area contributed by atoms with Gasteiger partial charge in [-0.05, 0) is 48.3 Å². The van der Waals surface area contributed by atoms with Gasteiger partial charge in [-0.15, -0.1) is 0 Å². The number of aromatic nitrogens is 1. The predicted octanol–water partition coefficient (Wildman–Crippen LogP) is 3.24. The van der Waals surface area contributed by atoms with Gasteiger partial charge < -0.3 is 5.73 Å². The zero-order valence-corrected chi connectivity index (χ0v) is 11.6. The highest BCUT2D eigenvalue weighted by atomic mass is 14.8. The summed E-state index contributed by atoms with van der Waals surface area (Å²) < 4.78 is 0. The van der Waals surface area contributed by atoms with Gasteiger partial charge in [0.1, 0.15) is 0 Å². The molecule has 2 nitrogen and oxygen atoms in total. The Balaban J connectivity index is 1.52. The van der Waals surface area contributed by atoms with Crippen molar-refractivity contribution in [1.82, 2.24) is 4.98 Å². The van der Waals surface area contributed by atoms with E-state index in [1.165, 1.54) is 29.7 Å². The molecule has 1 fully saturated rings. The van der Waals surface area contributed by atoms with Crippen molar-refractivity contribution in [3.63, 3.8) is 0 Å². The van der Waals surface area contributed by atoms with E-state index in [1.807, 2.05) is 12.3 Å². The second kappa shape index (κ2) is 4.71. The SMILES string of the molecule is NC(C1CCc2cccnc21)C1CC1c1ccccc1. The van der Waals surface area contributed by atoms with Gasteiger partial charge >= 0.3 is 0 Å². The largest absolute Gasteiger partial charge is 0.327 e. The first-order chi connectivity index (χ1) is 9.84. The average Bonchev–Trinajstić information content (AvgIpc) is 3.20. The molecule has 2 N–H and O–H groups in total. The van der Waals surface area contributed by atoms with Crippen LogP contribution in [0.1, 0.15) is 41.5 Å². The normalized spacial score (nSPS) is 28.9. The number of nitrogens with two attached hydrogens (primary N) is 1. The first kappa shape index (κ1) is 12.1. The average molecular weight is 264 g/mol. The molecule has 0 spiro atoms. The molecule has 20 heavy (non-hydrogen) atoms. The topological polar surface area (TPSA) is 38.9 Å². The Morgan fingerprint density at radius 2 is 1.95 bits per heavy atom. The number of hydrogen-bond donors (Lipinski definition) is 1. The molecule has 102 valence electrons. The van der Waals surface area contributed by atoms with E-state index in [0.29, 0.717) is 17.8 Å². The number of rotatable bonds is 3. The predicted molar refractivity (Wildman–Crippen MR) is 80.6 cm³/mol. The summed E-state index contributed by atoms with van der Waals surface area (Å²) in [7, 11) is 0. The first-order valence-electron chi connectivity index (χ1n) is 7.59. The molecule has 1 aromatic heterocycles. The third-order valence-corrected chi connectivity index (χ3v) is 5.03. The first-order valence-corrected chi connectivity index (χ1v) is 7.59. The highest BCUT2D eigenvalue weighted by Crippen LogP contribution is 2.52.